The predicted molar refractivity (Wildman–Crippen MR) is 245 cm³/mol. The van der Waals surface area contributed by atoms with Crippen molar-refractivity contribution in [2.45, 2.75) is 75.8 Å². The van der Waals surface area contributed by atoms with Gasteiger partial charge in [0.15, 0.2) is 11.6 Å². The molecule has 1 spiro atoms. The molecule has 2 saturated carbocycles. The third-order valence-electron chi connectivity index (χ3n) is 15.6. The predicted octanol–water partition coefficient (Wildman–Crippen LogP) is 7.04. The van der Waals surface area contributed by atoms with E-state index >= 15 is 13.2 Å². The lowest BCUT2D eigenvalue weighted by molar-refractivity contribution is -0.120. The van der Waals surface area contributed by atoms with Crippen molar-refractivity contribution in [2.24, 2.45) is 17.9 Å². The normalized spacial score (nSPS) is 22.4. The number of carbonyl (C=O) groups excluding carboxylic acids is 2. The SMILES string of the molecule is C#Cc1c(F)ccc2cc(O)cc(-c3ncc4c(N5CC6CCC(C5)N6)nc(OCC5(CN6CCC7(CC6)CC(c6cc8c(cc6F)c(N6CCC(=O)NC6=O)nn8C)C7)CC5)nc4c3F)c12. The number of pyridine rings is 1. The molecular formula is C50H49F3N10O4. The Morgan fingerprint density at radius 2 is 1.72 bits per heavy atom. The number of nitrogens with one attached hydrogen (secondary N) is 2. The number of aryl methyl sites for hydroxylation is 1. The van der Waals surface area contributed by atoms with Crippen LogP contribution in [-0.2, 0) is 11.8 Å². The van der Waals surface area contributed by atoms with Crippen molar-refractivity contribution in [3.05, 3.63) is 71.2 Å². The second-order valence-electron chi connectivity index (χ2n) is 20.0. The van der Waals surface area contributed by atoms with Crippen molar-refractivity contribution in [1.29, 1.82) is 0 Å². The van der Waals surface area contributed by atoms with Gasteiger partial charge in [0.25, 0.3) is 0 Å². The van der Waals surface area contributed by atoms with Crippen molar-refractivity contribution in [2.75, 3.05) is 55.7 Å². The number of carbonyl (C=O) groups is 2. The molecule has 6 aliphatic rings. The topological polar surface area (TPSA) is 154 Å². The summed E-state index contributed by atoms with van der Waals surface area (Å²) in [6, 6.07) is 8.98. The lowest BCUT2D eigenvalue weighted by atomic mass is 9.56. The van der Waals surface area contributed by atoms with E-state index in [1.54, 1.807) is 17.9 Å². The van der Waals surface area contributed by atoms with Crippen molar-refractivity contribution in [3.8, 4) is 35.4 Å². The number of urea groups is 1. The molecule has 2 bridgehead atoms. The molecule has 12 rings (SSSR count). The summed E-state index contributed by atoms with van der Waals surface area (Å²) >= 11 is 0. The summed E-state index contributed by atoms with van der Waals surface area (Å²) in [5, 5.41) is 22.9. The van der Waals surface area contributed by atoms with E-state index in [-0.39, 0.29) is 93.0 Å². The fourth-order valence-corrected chi connectivity index (χ4v) is 11.8. The Balaban J connectivity index is 0.752. The molecule has 67 heavy (non-hydrogen) atoms. The molecule has 0 radical (unpaired) electrons. The summed E-state index contributed by atoms with van der Waals surface area (Å²) in [7, 11) is 1.79. The zero-order chi connectivity index (χ0) is 45.9. The maximum absolute atomic E-state index is 17.1. The Morgan fingerprint density at radius 1 is 0.940 bits per heavy atom. The average molecular weight is 911 g/mol. The number of ether oxygens (including phenoxy) is 1. The minimum Gasteiger partial charge on any atom is -0.508 e. The summed E-state index contributed by atoms with van der Waals surface area (Å²) in [5.74, 6) is 1.23. The molecule has 17 heteroatoms. The quantitative estimate of drug-likeness (QED) is 0.128. The number of fused-ring (bicyclic) bond motifs is 5. The van der Waals surface area contributed by atoms with Crippen molar-refractivity contribution >= 4 is 56.2 Å². The number of imide groups is 1. The number of likely N-dealkylation sites (tertiary alicyclic amines) is 1. The molecule has 3 aromatic heterocycles. The monoisotopic (exact) mass is 910 g/mol. The number of benzene rings is 3. The molecule has 6 fully saturated rings. The van der Waals surface area contributed by atoms with E-state index < -0.39 is 17.7 Å². The van der Waals surface area contributed by atoms with Crippen LogP contribution in [-0.4, -0.2) is 105 Å². The molecule has 4 saturated heterocycles. The van der Waals surface area contributed by atoms with Crippen LogP contribution >= 0.6 is 0 Å². The number of anilines is 2. The molecule has 14 nitrogen and oxygen atoms in total. The Morgan fingerprint density at radius 3 is 2.45 bits per heavy atom. The number of rotatable bonds is 9. The summed E-state index contributed by atoms with van der Waals surface area (Å²) < 4.78 is 56.2. The minimum atomic E-state index is -0.748. The third-order valence-corrected chi connectivity index (χ3v) is 15.6. The smallest absolute Gasteiger partial charge is 0.329 e. The van der Waals surface area contributed by atoms with Crippen LogP contribution in [0.5, 0.6) is 11.8 Å². The molecular weight excluding hydrogens is 862 g/mol. The van der Waals surface area contributed by atoms with Gasteiger partial charge in [-0.05, 0) is 117 Å². The highest BCUT2D eigenvalue weighted by Crippen LogP contribution is 2.58. The van der Waals surface area contributed by atoms with Crippen molar-refractivity contribution in [3.63, 3.8) is 0 Å². The number of aromatic hydroxyl groups is 1. The van der Waals surface area contributed by atoms with E-state index in [1.165, 1.54) is 35.2 Å². The fourth-order valence-electron chi connectivity index (χ4n) is 11.8. The zero-order valence-corrected chi connectivity index (χ0v) is 37.0. The van der Waals surface area contributed by atoms with E-state index in [4.69, 9.17) is 21.1 Å². The Hall–Kier alpha value is -6.51. The molecule has 4 aliphatic heterocycles. The lowest BCUT2D eigenvalue weighted by Crippen LogP contribution is -2.51. The number of hydrogen-bond acceptors (Lipinski definition) is 11. The van der Waals surface area contributed by atoms with Gasteiger partial charge in [-0.15, -0.1) is 6.42 Å². The molecule has 2 unspecified atom stereocenters. The van der Waals surface area contributed by atoms with Crippen molar-refractivity contribution < 1.29 is 32.6 Å². The number of amides is 3. The van der Waals surface area contributed by atoms with Gasteiger partial charge in [-0.2, -0.15) is 15.1 Å². The number of terminal acetylenes is 1. The summed E-state index contributed by atoms with van der Waals surface area (Å²) in [4.78, 5) is 44.6. The number of hydrogen-bond donors (Lipinski definition) is 3. The highest BCUT2D eigenvalue weighted by molar-refractivity contribution is 6.09. The number of aromatic nitrogens is 5. The third kappa shape index (κ3) is 7.18. The summed E-state index contributed by atoms with van der Waals surface area (Å²) in [6.07, 6.45) is 15.4. The highest BCUT2D eigenvalue weighted by atomic mass is 19.1. The first-order valence-electron chi connectivity index (χ1n) is 23.3. The molecule has 3 aromatic carbocycles. The largest absolute Gasteiger partial charge is 0.508 e. The Labute approximate surface area is 383 Å². The first kappa shape index (κ1) is 41.9. The number of halogens is 3. The Kier molecular flexibility index (Phi) is 9.71. The van der Waals surface area contributed by atoms with Gasteiger partial charge in [0.05, 0.1) is 23.1 Å². The van der Waals surface area contributed by atoms with Crippen LogP contribution < -0.4 is 25.2 Å². The Bertz CT molecular complexity index is 3100. The lowest BCUT2D eigenvalue weighted by Gasteiger charge is -2.53. The number of phenolic OH excluding ortho intramolecular Hbond substituents is 1. The van der Waals surface area contributed by atoms with Gasteiger partial charge in [-0.25, -0.2) is 18.0 Å². The second kappa shape index (κ2) is 15.5. The number of nitrogens with zero attached hydrogens (tertiary/aromatic N) is 8. The fraction of sp³-hybridized carbons (Fsp3) is 0.440. The van der Waals surface area contributed by atoms with E-state index in [0.29, 0.717) is 53.1 Å². The standard InChI is InChI=1S/C50H49F3N10O4/c1-3-32-37(51)7-4-27-16-31(64)17-35(41(27)32)43-42(53)44-36(22-54-43)45(62-23-29-5-6-30(24-62)55-29)58-47(57-44)67-26-50(9-10-50)25-61-14-11-49(12-15-61)20-28(21-49)33-19-39-34(18-38(33)52)46(59-60(39)2)63-13-8-40(65)56-48(63)66/h1,4,7,16-19,22,28-30,55,64H,5-6,8-15,20-21,23-26H2,2H3,(H,56,65,66). The average Bonchev–Trinajstić information content (AvgIpc) is 3.89. The van der Waals surface area contributed by atoms with Gasteiger partial charge in [-0.1, -0.05) is 12.0 Å². The molecule has 7 heterocycles. The number of phenols is 1. The molecule has 6 aromatic rings. The maximum Gasteiger partial charge on any atom is 0.329 e. The van der Waals surface area contributed by atoms with Crippen LogP contribution in [0.3, 0.4) is 0 Å². The van der Waals surface area contributed by atoms with Crippen LogP contribution in [0, 0.1) is 40.6 Å². The van der Waals surface area contributed by atoms with Gasteiger partial charge < -0.3 is 25.0 Å². The van der Waals surface area contributed by atoms with Gasteiger partial charge in [0.2, 0.25) is 5.91 Å². The van der Waals surface area contributed by atoms with Crippen LogP contribution in [0.2, 0.25) is 0 Å². The van der Waals surface area contributed by atoms with Gasteiger partial charge in [0, 0.05) is 79.7 Å². The maximum atomic E-state index is 17.1. The highest BCUT2D eigenvalue weighted by Gasteiger charge is 2.50. The van der Waals surface area contributed by atoms with Crippen LogP contribution in [0.4, 0.5) is 29.6 Å². The molecule has 2 atom stereocenters. The van der Waals surface area contributed by atoms with E-state index in [2.05, 4.69) is 36.4 Å². The first-order valence-corrected chi connectivity index (χ1v) is 23.3. The van der Waals surface area contributed by atoms with E-state index in [9.17, 15) is 14.7 Å². The zero-order valence-electron chi connectivity index (χ0n) is 37.0. The minimum absolute atomic E-state index is 0.0196. The van der Waals surface area contributed by atoms with Gasteiger partial charge in [0.1, 0.15) is 34.4 Å². The summed E-state index contributed by atoms with van der Waals surface area (Å²) in [5.41, 5.74) is 1.49. The van der Waals surface area contributed by atoms with Crippen LogP contribution in [0.1, 0.15) is 74.8 Å². The molecule has 3 N–H and O–H groups in total. The molecule has 2 aliphatic carbocycles. The van der Waals surface area contributed by atoms with Crippen molar-refractivity contribution in [1.82, 2.24) is 40.3 Å². The van der Waals surface area contributed by atoms with E-state index in [1.807, 2.05) is 6.07 Å². The molecule has 344 valence electrons. The number of piperazine rings is 1. The van der Waals surface area contributed by atoms with Gasteiger partial charge >= 0.3 is 12.0 Å². The van der Waals surface area contributed by atoms with E-state index in [0.717, 1.165) is 76.5 Å². The van der Waals surface area contributed by atoms with Crippen LogP contribution in [0.15, 0.2) is 42.6 Å². The summed E-state index contributed by atoms with van der Waals surface area (Å²) in [6.45, 7) is 4.65. The molecule has 3 amide bonds. The number of piperidine rings is 1. The first-order chi connectivity index (χ1) is 32.3. The van der Waals surface area contributed by atoms with Gasteiger partial charge in [-0.3, -0.25) is 24.7 Å². The second-order valence-corrected chi connectivity index (χ2v) is 20.0. The van der Waals surface area contributed by atoms with Crippen LogP contribution in [0.25, 0.3) is 43.8 Å².